The van der Waals surface area contributed by atoms with E-state index in [2.05, 4.69) is 67.8 Å². The Morgan fingerprint density at radius 1 is 0.690 bits per heavy atom. The molecule has 2 aromatic carbocycles. The van der Waals surface area contributed by atoms with E-state index in [0.29, 0.717) is 29.8 Å². The highest BCUT2D eigenvalue weighted by atomic mass is 16.4. The number of aromatic hydroxyl groups is 1. The molecule has 28 heteroatoms. The number of carbonyl (C=O) groups excluding carboxylic acids is 9. The number of amides is 9. The van der Waals surface area contributed by atoms with Gasteiger partial charge in [-0.2, -0.15) is 0 Å². The van der Waals surface area contributed by atoms with E-state index in [4.69, 9.17) is 21.4 Å². The molecule has 0 spiro atoms. The number of rotatable bonds is 31. The Labute approximate surface area is 486 Å². The predicted octanol–water partition coefficient (Wildman–Crippen LogP) is -1.34. The third kappa shape index (κ3) is 22.7. The van der Waals surface area contributed by atoms with Crippen LogP contribution in [0.15, 0.2) is 72.2 Å². The number of nitrogens with one attached hydrogen (secondary N) is 11. The number of aliphatic imine (C=N–C) groups is 1. The fourth-order valence-electron chi connectivity index (χ4n) is 9.02. The molecule has 0 saturated carbocycles. The minimum Gasteiger partial charge on any atom is -0.508 e. The molecule has 1 saturated heterocycles. The summed E-state index contributed by atoms with van der Waals surface area (Å²) in [6.07, 6.45) is 5.13. The van der Waals surface area contributed by atoms with Crippen LogP contribution < -0.4 is 59.3 Å². The zero-order valence-corrected chi connectivity index (χ0v) is 48.1. The molecule has 9 amide bonds. The predicted molar refractivity (Wildman–Crippen MR) is 309 cm³/mol. The molecule has 0 unspecified atom stereocenters. The summed E-state index contributed by atoms with van der Waals surface area (Å²) in [7, 11) is 0. The molecule has 1 aliphatic rings. The first-order valence-corrected chi connectivity index (χ1v) is 27.7. The van der Waals surface area contributed by atoms with Crippen molar-refractivity contribution in [2.75, 3.05) is 19.7 Å². The van der Waals surface area contributed by atoms with Crippen LogP contribution in [0, 0.1) is 11.8 Å². The monoisotopic (exact) mass is 1170 g/mol. The van der Waals surface area contributed by atoms with E-state index in [9.17, 15) is 53.4 Å². The molecule has 2 aromatic heterocycles. The standard InChI is InChI=1S/C54H77N15O11.C2H4O2/c1-6-58-46(73)37(12-9-19-59-54(55)56)63-48(75)39(20-29(2)3)64-49(76)40(21-30(4)5)65-50(77)41(22-31-13-15-34(71)16-14-31)66-53(80)44(27-70)69-51(78)42(23-32-25-60-36-11-8-7-10-35(32)36)67-52(79)43(24-33-26-57-28-61-33)68-47(74)38-17-18-45(72)62-38;1-2(3)4/h7-8,10-11,13-16,25-26,28-30,37-44,60,70-71H,6,9,12,17-24,27H2,1-5H3,(H,57,61)(H,58,73)(H,62,72)(H,63,75)(H,64,76)(H,65,77)(H,66,80)(H,67,79)(H,68,74)(H,69,78)(H4,55,56,59);1H3,(H,3,4)/t37-,38-,39-,40+,41-,42-,43-,44-;/m0./s1. The number of hydrogen-bond donors (Lipinski definition) is 16. The molecular weight excluding hydrogens is 1090 g/mol. The Balaban J connectivity index is 0.00000366. The second-order valence-corrected chi connectivity index (χ2v) is 21.1. The fraction of sp³-hybridized carbons (Fsp3) is 0.500. The summed E-state index contributed by atoms with van der Waals surface area (Å²) in [5, 5.41) is 53.0. The summed E-state index contributed by atoms with van der Waals surface area (Å²) < 4.78 is 0. The maximum absolute atomic E-state index is 14.5. The molecule has 3 heterocycles. The molecule has 84 heavy (non-hydrogen) atoms. The summed E-state index contributed by atoms with van der Waals surface area (Å²) in [5.74, 6) is -7.73. The Kier molecular flexibility index (Phi) is 27.1. The Morgan fingerprint density at radius 2 is 1.21 bits per heavy atom. The van der Waals surface area contributed by atoms with E-state index < -0.39 is 108 Å². The summed E-state index contributed by atoms with van der Waals surface area (Å²) in [4.78, 5) is 147. The lowest BCUT2D eigenvalue weighted by Gasteiger charge is -2.28. The summed E-state index contributed by atoms with van der Waals surface area (Å²) >= 11 is 0. The van der Waals surface area contributed by atoms with Crippen LogP contribution in [0.5, 0.6) is 5.75 Å². The Hall–Kier alpha value is -9.08. The van der Waals surface area contributed by atoms with Crippen LogP contribution in [0.2, 0.25) is 0 Å². The molecule has 0 bridgehead atoms. The normalized spacial score (nSPS) is 15.2. The van der Waals surface area contributed by atoms with E-state index in [-0.39, 0.29) is 87.4 Å². The van der Waals surface area contributed by atoms with Gasteiger partial charge < -0.3 is 84.6 Å². The van der Waals surface area contributed by atoms with Gasteiger partial charge in [0.05, 0.1) is 12.9 Å². The molecular formula is C56H81N15O13. The number of imidazole rings is 1. The number of aliphatic carboxylic acids is 1. The summed E-state index contributed by atoms with van der Waals surface area (Å²) in [6.45, 7) is 9.64. The number of benzene rings is 2. The molecule has 458 valence electrons. The van der Waals surface area contributed by atoms with Crippen LogP contribution in [0.4, 0.5) is 0 Å². The Bertz CT molecular complexity index is 2890. The molecule has 0 aliphatic carbocycles. The average molecular weight is 1170 g/mol. The van der Waals surface area contributed by atoms with Gasteiger partial charge in [0, 0.05) is 74.7 Å². The van der Waals surface area contributed by atoms with E-state index in [1.165, 1.54) is 36.8 Å². The number of carboxylic acid groups (broad SMARTS) is 1. The van der Waals surface area contributed by atoms with Gasteiger partial charge in [-0.1, -0.05) is 58.0 Å². The van der Waals surface area contributed by atoms with Crippen molar-refractivity contribution in [3.8, 4) is 5.75 Å². The lowest BCUT2D eigenvalue weighted by atomic mass is 9.98. The van der Waals surface area contributed by atoms with E-state index in [1.807, 2.05) is 45.9 Å². The van der Waals surface area contributed by atoms with Crippen molar-refractivity contribution in [2.45, 2.75) is 148 Å². The smallest absolute Gasteiger partial charge is 0.300 e. The van der Waals surface area contributed by atoms with Gasteiger partial charge in [0.15, 0.2) is 5.96 Å². The highest BCUT2D eigenvalue weighted by molar-refractivity contribution is 5.99. The highest BCUT2D eigenvalue weighted by Gasteiger charge is 2.36. The second-order valence-electron chi connectivity index (χ2n) is 21.1. The minimum absolute atomic E-state index is 0.0716. The topological polar surface area (TPSA) is 449 Å². The third-order valence-electron chi connectivity index (χ3n) is 13.1. The molecule has 5 rings (SSSR count). The minimum atomic E-state index is -1.73. The van der Waals surface area contributed by atoms with Crippen molar-refractivity contribution >= 4 is 76.0 Å². The van der Waals surface area contributed by atoms with Gasteiger partial charge in [-0.15, -0.1) is 0 Å². The molecule has 0 radical (unpaired) electrons. The van der Waals surface area contributed by atoms with E-state index in [1.54, 1.807) is 19.2 Å². The van der Waals surface area contributed by atoms with Gasteiger partial charge in [-0.25, -0.2) is 4.98 Å². The number of carboxylic acids is 1. The SMILES string of the molecule is CC(=O)O.CCNC(=O)[C@H](CCCN=C(N)N)NC(=O)[C@H](CC(C)C)NC(=O)[C@@H](CC(C)C)NC(=O)[C@H](Cc1ccc(O)cc1)NC(=O)[C@H](CO)NC(=O)[C@H](Cc1c[nH]c2ccccc12)NC(=O)[C@H](Cc1cnc[nH]1)NC(=O)[C@@H]1CCC(=O)N1. The molecule has 1 fully saturated rings. The number of phenols is 1. The fourth-order valence-corrected chi connectivity index (χ4v) is 9.02. The highest BCUT2D eigenvalue weighted by Crippen LogP contribution is 2.20. The van der Waals surface area contributed by atoms with Crippen molar-refractivity contribution in [3.05, 3.63) is 84.1 Å². The maximum atomic E-state index is 14.5. The van der Waals surface area contributed by atoms with Crippen LogP contribution >= 0.6 is 0 Å². The number of nitrogens with two attached hydrogens (primary N) is 2. The van der Waals surface area contributed by atoms with Gasteiger partial charge in [0.25, 0.3) is 5.97 Å². The van der Waals surface area contributed by atoms with Crippen LogP contribution in [-0.4, -0.2) is 163 Å². The number of aliphatic hydroxyl groups excluding tert-OH is 1. The summed E-state index contributed by atoms with van der Waals surface area (Å²) in [5.41, 5.74) is 13.2. The number of para-hydroxylation sites is 1. The molecule has 8 atom stereocenters. The lowest BCUT2D eigenvalue weighted by molar-refractivity contribution is -0.136. The first kappa shape index (κ1) is 67.4. The number of H-pyrrole nitrogens is 2. The largest absolute Gasteiger partial charge is 0.508 e. The number of nitrogens with zero attached hydrogens (tertiary/aromatic N) is 2. The number of aromatic nitrogens is 3. The van der Waals surface area contributed by atoms with Gasteiger partial charge in [0.2, 0.25) is 53.2 Å². The first-order chi connectivity index (χ1) is 39.9. The second kappa shape index (κ2) is 33.7. The van der Waals surface area contributed by atoms with E-state index in [0.717, 1.165) is 17.8 Å². The molecule has 4 aromatic rings. The lowest BCUT2D eigenvalue weighted by Crippen LogP contribution is -2.61. The van der Waals surface area contributed by atoms with Gasteiger partial charge in [0.1, 0.15) is 54.1 Å². The number of aromatic amines is 2. The molecule has 1 aliphatic heterocycles. The number of aliphatic hydroxyl groups is 1. The van der Waals surface area contributed by atoms with Crippen molar-refractivity contribution in [1.82, 2.24) is 62.8 Å². The van der Waals surface area contributed by atoms with Gasteiger partial charge in [-0.3, -0.25) is 52.9 Å². The van der Waals surface area contributed by atoms with Crippen molar-refractivity contribution < 1.29 is 63.3 Å². The number of phenolic OH excluding ortho intramolecular Hbond substituents is 1. The van der Waals surface area contributed by atoms with Gasteiger partial charge >= 0.3 is 0 Å². The van der Waals surface area contributed by atoms with Crippen molar-refractivity contribution in [3.63, 3.8) is 0 Å². The quantitative estimate of drug-likeness (QED) is 0.0158. The van der Waals surface area contributed by atoms with Crippen molar-refractivity contribution in [2.24, 2.45) is 28.3 Å². The number of hydrogen-bond acceptors (Lipinski definition) is 14. The van der Waals surface area contributed by atoms with Crippen LogP contribution in [0.1, 0.15) is 96.9 Å². The molecule has 18 N–H and O–H groups in total. The first-order valence-electron chi connectivity index (χ1n) is 27.7. The number of carbonyl (C=O) groups is 10. The summed E-state index contributed by atoms with van der Waals surface area (Å²) in [6, 6.07) is 2.73. The molecule has 28 nitrogen and oxygen atoms in total. The average Bonchev–Trinajstić information content (AvgIpc) is 4.21. The van der Waals surface area contributed by atoms with Gasteiger partial charge in [-0.05, 0) is 80.2 Å². The number of fused-ring (bicyclic) bond motifs is 1. The van der Waals surface area contributed by atoms with Crippen molar-refractivity contribution in [1.29, 1.82) is 0 Å². The zero-order chi connectivity index (χ0) is 62.0. The zero-order valence-electron chi connectivity index (χ0n) is 48.1. The Morgan fingerprint density at radius 3 is 1.74 bits per heavy atom. The number of likely N-dealkylation sites (N-methyl/N-ethyl adjacent to an activating group) is 1. The van der Waals surface area contributed by atoms with Crippen LogP contribution in [-0.2, 0) is 67.2 Å². The van der Waals surface area contributed by atoms with Crippen LogP contribution in [0.25, 0.3) is 10.9 Å². The van der Waals surface area contributed by atoms with Crippen LogP contribution in [0.3, 0.4) is 0 Å². The maximum Gasteiger partial charge on any atom is 0.300 e. The number of guanidine groups is 1. The third-order valence-corrected chi connectivity index (χ3v) is 13.1. The van der Waals surface area contributed by atoms with E-state index >= 15 is 0 Å².